The molecule has 2 atom stereocenters. The molecule has 0 bridgehead atoms. The topological polar surface area (TPSA) is 115 Å². The van der Waals surface area contributed by atoms with Crippen LogP contribution in [0.3, 0.4) is 0 Å². The van der Waals surface area contributed by atoms with Crippen molar-refractivity contribution in [2.45, 2.75) is 18.8 Å². The fourth-order valence-electron chi connectivity index (χ4n) is 5.45. The number of hydrogen-bond donors (Lipinski definition) is 2. The second-order valence-electron chi connectivity index (χ2n) is 10.2. The molecule has 0 aliphatic carbocycles. The fourth-order valence-corrected chi connectivity index (χ4v) is 5.45. The van der Waals surface area contributed by atoms with Gasteiger partial charge in [-0.2, -0.15) is 14.6 Å². The summed E-state index contributed by atoms with van der Waals surface area (Å²) in [5.41, 5.74) is 9.63. The molecular weight excluding hydrogens is 520 g/mol. The molecule has 4 aromatic heterocycles. The van der Waals surface area contributed by atoms with E-state index in [2.05, 4.69) is 25.3 Å². The second kappa shape index (κ2) is 10.1. The van der Waals surface area contributed by atoms with Gasteiger partial charge in [0.15, 0.2) is 17.6 Å². The van der Waals surface area contributed by atoms with E-state index >= 15 is 0 Å². The Hall–Kier alpha value is -4.23. The molecular formula is C27H29F2N9O2. The van der Waals surface area contributed by atoms with Crippen LogP contribution in [0.25, 0.3) is 28.1 Å². The van der Waals surface area contributed by atoms with Gasteiger partial charge in [0.2, 0.25) is 5.95 Å². The van der Waals surface area contributed by atoms with Crippen molar-refractivity contribution in [1.82, 2.24) is 34.4 Å². The lowest BCUT2D eigenvalue weighted by atomic mass is 10.2. The predicted molar refractivity (Wildman–Crippen MR) is 146 cm³/mol. The van der Waals surface area contributed by atoms with Crippen LogP contribution in [0.2, 0.25) is 0 Å². The number of ether oxygens (including phenoxy) is 1. The van der Waals surface area contributed by atoms with Gasteiger partial charge in [0.25, 0.3) is 0 Å². The maximum absolute atomic E-state index is 14.9. The standard InChI is InChI=1S/C27H29F2N9O2/c28-18-12-17(40-24-15-31-14-19(24)29)3-4-21(18)36-8-5-35(6-9-36)7-10-37-16-32-25-22-13-20(23-2-1-11-39-23)34-38(22)27(30)33-26(25)37/h1-4,11-13,16,19,24,31H,5-10,14-15H2,(H2,30,33)/t19-,24-/m0/s1. The van der Waals surface area contributed by atoms with Gasteiger partial charge in [0, 0.05) is 58.4 Å². The van der Waals surface area contributed by atoms with Crippen molar-refractivity contribution in [3.63, 3.8) is 0 Å². The number of anilines is 2. The van der Waals surface area contributed by atoms with Gasteiger partial charge in [-0.25, -0.2) is 13.8 Å². The van der Waals surface area contributed by atoms with Gasteiger partial charge in [-0.05, 0) is 30.3 Å². The van der Waals surface area contributed by atoms with Crippen molar-refractivity contribution in [2.24, 2.45) is 0 Å². The number of piperazine rings is 1. The van der Waals surface area contributed by atoms with Gasteiger partial charge in [-0.1, -0.05) is 0 Å². The maximum atomic E-state index is 14.9. The molecule has 13 heteroatoms. The highest BCUT2D eigenvalue weighted by molar-refractivity contribution is 5.90. The summed E-state index contributed by atoms with van der Waals surface area (Å²) in [6.07, 6.45) is 1.71. The Morgan fingerprint density at radius 2 is 1.98 bits per heavy atom. The van der Waals surface area contributed by atoms with Gasteiger partial charge in [0.05, 0.1) is 18.3 Å². The molecule has 11 nitrogen and oxygen atoms in total. The molecule has 2 aliphatic rings. The van der Waals surface area contributed by atoms with Crippen LogP contribution in [0.5, 0.6) is 5.75 Å². The van der Waals surface area contributed by atoms with Crippen molar-refractivity contribution in [3.8, 4) is 17.2 Å². The summed E-state index contributed by atoms with van der Waals surface area (Å²) in [6, 6.07) is 10.3. The summed E-state index contributed by atoms with van der Waals surface area (Å²) >= 11 is 0. The number of hydrogen-bond acceptors (Lipinski definition) is 9. The average molecular weight is 550 g/mol. The van der Waals surface area contributed by atoms with Crippen LogP contribution in [-0.4, -0.2) is 87.1 Å². The number of alkyl halides is 1. The Morgan fingerprint density at radius 3 is 2.73 bits per heavy atom. The monoisotopic (exact) mass is 549 g/mol. The summed E-state index contributed by atoms with van der Waals surface area (Å²) in [4.78, 5) is 13.5. The first-order chi connectivity index (χ1) is 19.5. The first-order valence-electron chi connectivity index (χ1n) is 13.4. The Bertz CT molecular complexity index is 1640. The molecule has 2 fully saturated rings. The van der Waals surface area contributed by atoms with Crippen LogP contribution < -0.4 is 20.7 Å². The highest BCUT2D eigenvalue weighted by Gasteiger charge is 2.29. The summed E-state index contributed by atoms with van der Waals surface area (Å²) < 4.78 is 43.4. The lowest BCUT2D eigenvalue weighted by molar-refractivity contribution is 0.139. The minimum atomic E-state index is -1.09. The van der Waals surface area contributed by atoms with Crippen LogP contribution in [0.4, 0.5) is 20.4 Å². The molecule has 2 saturated heterocycles. The van der Waals surface area contributed by atoms with Gasteiger partial charge in [0.1, 0.15) is 34.4 Å². The van der Waals surface area contributed by atoms with Crippen LogP contribution >= 0.6 is 0 Å². The molecule has 7 rings (SSSR count). The molecule has 3 N–H and O–H groups in total. The number of aromatic nitrogens is 5. The highest BCUT2D eigenvalue weighted by Crippen LogP contribution is 2.28. The highest BCUT2D eigenvalue weighted by atomic mass is 19.1. The minimum absolute atomic E-state index is 0.263. The zero-order valence-electron chi connectivity index (χ0n) is 21.7. The van der Waals surface area contributed by atoms with E-state index in [0.717, 1.165) is 30.7 Å². The molecule has 0 spiro atoms. The molecule has 2 aliphatic heterocycles. The maximum Gasteiger partial charge on any atom is 0.223 e. The van der Waals surface area contributed by atoms with Crippen molar-refractivity contribution < 1.29 is 17.9 Å². The zero-order valence-corrected chi connectivity index (χ0v) is 21.7. The molecule has 0 saturated carbocycles. The fraction of sp³-hybridized carbons (Fsp3) is 0.370. The van der Waals surface area contributed by atoms with Crippen molar-refractivity contribution >= 4 is 28.3 Å². The second-order valence-corrected chi connectivity index (χ2v) is 10.2. The van der Waals surface area contributed by atoms with E-state index in [4.69, 9.17) is 14.9 Å². The number of rotatable bonds is 7. The SMILES string of the molecule is Nc1nc2c(ncn2CCN2CCN(c3ccc(O[C@H]4CNC[C@@H]4F)cc3F)CC2)c2cc(-c3ccco3)nn12. The Morgan fingerprint density at radius 1 is 1.10 bits per heavy atom. The number of nitrogens with two attached hydrogens (primary N) is 1. The van der Waals surface area contributed by atoms with Crippen molar-refractivity contribution in [3.05, 3.63) is 54.8 Å². The van der Waals surface area contributed by atoms with Crippen LogP contribution in [0.15, 0.2) is 53.4 Å². The number of halogens is 2. The molecule has 6 heterocycles. The number of nitrogens with zero attached hydrogens (tertiary/aromatic N) is 7. The third kappa shape index (κ3) is 4.50. The first kappa shape index (κ1) is 24.8. The Labute approximate surface area is 228 Å². The van der Waals surface area contributed by atoms with Gasteiger partial charge in [-0.15, -0.1) is 0 Å². The van der Waals surface area contributed by atoms with Crippen LogP contribution in [-0.2, 0) is 6.54 Å². The number of furan rings is 1. The summed E-state index contributed by atoms with van der Waals surface area (Å²) in [5.74, 6) is 0.916. The summed E-state index contributed by atoms with van der Waals surface area (Å²) in [7, 11) is 0. The van der Waals surface area contributed by atoms with E-state index in [0.29, 0.717) is 54.7 Å². The van der Waals surface area contributed by atoms with Gasteiger partial charge >= 0.3 is 0 Å². The molecule has 208 valence electrons. The lowest BCUT2D eigenvalue weighted by Crippen LogP contribution is -2.47. The van der Waals surface area contributed by atoms with E-state index in [1.165, 1.54) is 6.07 Å². The minimum Gasteiger partial charge on any atom is -0.486 e. The number of benzene rings is 1. The quantitative estimate of drug-likeness (QED) is 0.316. The lowest BCUT2D eigenvalue weighted by Gasteiger charge is -2.36. The average Bonchev–Trinajstić information content (AvgIpc) is 3.76. The largest absolute Gasteiger partial charge is 0.486 e. The first-order valence-corrected chi connectivity index (χ1v) is 13.4. The summed E-state index contributed by atoms with van der Waals surface area (Å²) in [6.45, 7) is 5.12. The van der Waals surface area contributed by atoms with Gasteiger partial charge in [-0.3, -0.25) is 4.90 Å². The van der Waals surface area contributed by atoms with E-state index in [1.807, 2.05) is 27.7 Å². The normalized spacial score (nSPS) is 20.2. The Kier molecular flexibility index (Phi) is 6.24. The van der Waals surface area contributed by atoms with Crippen LogP contribution in [0, 0.1) is 5.82 Å². The molecule has 1 aromatic carbocycles. The Balaban J connectivity index is 0.990. The predicted octanol–water partition coefficient (Wildman–Crippen LogP) is 2.57. The van der Waals surface area contributed by atoms with E-state index in [-0.39, 0.29) is 18.3 Å². The molecule has 0 amide bonds. The molecule has 0 radical (unpaired) electrons. The molecule has 0 unspecified atom stereocenters. The van der Waals surface area contributed by atoms with E-state index < -0.39 is 12.3 Å². The number of fused-ring (bicyclic) bond motifs is 3. The van der Waals surface area contributed by atoms with Crippen molar-refractivity contribution in [2.75, 3.05) is 56.4 Å². The van der Waals surface area contributed by atoms with E-state index in [9.17, 15) is 8.78 Å². The number of nitrogen functional groups attached to an aromatic ring is 1. The number of nitrogens with one attached hydrogen (secondary N) is 1. The third-order valence-corrected chi connectivity index (χ3v) is 7.64. The van der Waals surface area contributed by atoms with Crippen LogP contribution in [0.1, 0.15) is 0 Å². The third-order valence-electron chi connectivity index (χ3n) is 7.64. The van der Waals surface area contributed by atoms with E-state index in [1.54, 1.807) is 29.2 Å². The van der Waals surface area contributed by atoms with Crippen molar-refractivity contribution in [1.29, 1.82) is 0 Å². The summed E-state index contributed by atoms with van der Waals surface area (Å²) in [5, 5.41) is 7.46. The number of imidazole rings is 1. The van der Waals surface area contributed by atoms with Gasteiger partial charge < -0.3 is 29.7 Å². The zero-order chi connectivity index (χ0) is 27.2. The smallest absolute Gasteiger partial charge is 0.223 e. The molecule has 5 aromatic rings. The molecule has 40 heavy (non-hydrogen) atoms.